The summed E-state index contributed by atoms with van der Waals surface area (Å²) >= 11 is 0. The predicted molar refractivity (Wildman–Crippen MR) is 179 cm³/mol. The topological polar surface area (TPSA) is 69.6 Å². The van der Waals surface area contributed by atoms with Gasteiger partial charge in [-0.05, 0) is 32.1 Å². The number of aliphatic hydroxyl groups is 2. The summed E-state index contributed by atoms with van der Waals surface area (Å²) in [7, 11) is 0. The Morgan fingerprint density at radius 3 is 1.41 bits per heavy atom. The molecule has 4 nitrogen and oxygen atoms in total. The van der Waals surface area contributed by atoms with Crippen molar-refractivity contribution >= 4 is 5.91 Å². The molecule has 0 rings (SSSR count). The van der Waals surface area contributed by atoms with Crippen LogP contribution in [0.2, 0.25) is 0 Å². The zero-order chi connectivity index (χ0) is 30.1. The lowest BCUT2D eigenvalue weighted by molar-refractivity contribution is -0.123. The molecule has 1 amide bonds. The lowest BCUT2D eigenvalue weighted by Gasteiger charge is -2.19. The van der Waals surface area contributed by atoms with Crippen molar-refractivity contribution in [3.63, 3.8) is 0 Å². The molecule has 2 atom stereocenters. The van der Waals surface area contributed by atoms with Gasteiger partial charge in [0.15, 0.2) is 0 Å². The molecule has 0 fully saturated rings. The number of carbonyl (C=O) groups is 1. The molecule has 0 saturated carbocycles. The first-order valence-corrected chi connectivity index (χ1v) is 18.1. The molecule has 41 heavy (non-hydrogen) atoms. The Bertz CT molecular complexity index is 589. The maximum atomic E-state index is 12.3. The maximum Gasteiger partial charge on any atom is 0.220 e. The largest absolute Gasteiger partial charge is 0.394 e. The minimum Gasteiger partial charge on any atom is -0.394 e. The van der Waals surface area contributed by atoms with Crippen LogP contribution in [0.5, 0.6) is 0 Å². The van der Waals surface area contributed by atoms with E-state index in [9.17, 15) is 15.0 Å². The highest BCUT2D eigenvalue weighted by Crippen LogP contribution is 2.14. The summed E-state index contributed by atoms with van der Waals surface area (Å²) in [5.74, 6) is -0.0740. The Morgan fingerprint density at radius 2 is 0.951 bits per heavy atom. The van der Waals surface area contributed by atoms with Crippen LogP contribution in [0.4, 0.5) is 0 Å². The zero-order valence-electron chi connectivity index (χ0n) is 27.6. The van der Waals surface area contributed by atoms with Gasteiger partial charge in [0.1, 0.15) is 0 Å². The molecule has 3 N–H and O–H groups in total. The molecule has 0 bridgehead atoms. The molecule has 2 unspecified atom stereocenters. The third-order valence-corrected chi connectivity index (χ3v) is 8.19. The van der Waals surface area contributed by atoms with Crippen LogP contribution in [-0.2, 0) is 4.79 Å². The lowest BCUT2D eigenvalue weighted by Crippen LogP contribution is -2.45. The van der Waals surface area contributed by atoms with Crippen LogP contribution in [0.3, 0.4) is 0 Å². The molecular formula is C37H71NO3. The van der Waals surface area contributed by atoms with Gasteiger partial charge >= 0.3 is 0 Å². The first-order chi connectivity index (χ1) is 20.2. The van der Waals surface area contributed by atoms with Crippen LogP contribution in [0.15, 0.2) is 24.3 Å². The van der Waals surface area contributed by atoms with Gasteiger partial charge in [-0.15, -0.1) is 0 Å². The molecule has 0 spiro atoms. The van der Waals surface area contributed by atoms with Crippen LogP contribution in [0.1, 0.15) is 187 Å². The van der Waals surface area contributed by atoms with Crippen LogP contribution in [0.25, 0.3) is 0 Å². The molecule has 0 aromatic rings. The molecule has 0 aliphatic rings. The number of hydrogen-bond acceptors (Lipinski definition) is 3. The second-order valence-electron chi connectivity index (χ2n) is 12.3. The molecular weight excluding hydrogens is 506 g/mol. The SMILES string of the molecule is CCCCCCCC/C=C/CC/C=C/C(O)C(CO)NC(=O)CCCCCCCCCCCCCCCCCCC. The third kappa shape index (κ3) is 30.1. The Kier molecular flexibility index (Phi) is 32.5. The van der Waals surface area contributed by atoms with E-state index in [-0.39, 0.29) is 12.5 Å². The molecule has 0 aliphatic heterocycles. The van der Waals surface area contributed by atoms with E-state index in [2.05, 4.69) is 31.3 Å². The van der Waals surface area contributed by atoms with E-state index in [0.717, 1.165) is 32.1 Å². The number of unbranched alkanes of at least 4 members (excludes halogenated alkanes) is 23. The first-order valence-electron chi connectivity index (χ1n) is 18.1. The Morgan fingerprint density at radius 1 is 0.561 bits per heavy atom. The van der Waals surface area contributed by atoms with Crippen LogP contribution < -0.4 is 5.32 Å². The van der Waals surface area contributed by atoms with Crippen LogP contribution >= 0.6 is 0 Å². The van der Waals surface area contributed by atoms with Crippen molar-refractivity contribution in [2.45, 2.75) is 199 Å². The fourth-order valence-electron chi connectivity index (χ4n) is 5.37. The van der Waals surface area contributed by atoms with Crippen LogP contribution in [-0.4, -0.2) is 34.9 Å². The van der Waals surface area contributed by atoms with Gasteiger partial charge in [0.2, 0.25) is 5.91 Å². The van der Waals surface area contributed by atoms with E-state index in [0.29, 0.717) is 6.42 Å². The van der Waals surface area contributed by atoms with Crippen molar-refractivity contribution in [1.29, 1.82) is 0 Å². The van der Waals surface area contributed by atoms with E-state index >= 15 is 0 Å². The summed E-state index contributed by atoms with van der Waals surface area (Å²) in [6, 6.07) is -0.632. The van der Waals surface area contributed by atoms with E-state index in [1.54, 1.807) is 6.08 Å². The number of amides is 1. The highest BCUT2D eigenvalue weighted by molar-refractivity contribution is 5.76. The van der Waals surface area contributed by atoms with E-state index < -0.39 is 12.1 Å². The van der Waals surface area contributed by atoms with Crippen molar-refractivity contribution < 1.29 is 15.0 Å². The summed E-state index contributed by atoms with van der Waals surface area (Å²) in [5.41, 5.74) is 0. The fourth-order valence-corrected chi connectivity index (χ4v) is 5.37. The van der Waals surface area contributed by atoms with Crippen molar-refractivity contribution in [2.24, 2.45) is 0 Å². The van der Waals surface area contributed by atoms with Gasteiger partial charge in [-0.3, -0.25) is 4.79 Å². The predicted octanol–water partition coefficient (Wildman–Crippen LogP) is 10.5. The van der Waals surface area contributed by atoms with Crippen molar-refractivity contribution in [2.75, 3.05) is 6.61 Å². The Balaban J connectivity index is 3.62. The molecule has 0 heterocycles. The van der Waals surface area contributed by atoms with Gasteiger partial charge < -0.3 is 15.5 Å². The standard InChI is InChI=1S/C37H71NO3/c1-3-5-7-9-11-13-15-17-18-19-20-21-23-25-27-29-31-33-37(41)38-35(34-39)36(40)32-30-28-26-24-22-16-14-12-10-8-6-4-2/h22,24,30,32,35-36,39-40H,3-21,23,25-29,31,33-34H2,1-2H3,(H,38,41)/b24-22+,32-30+. The number of nitrogens with one attached hydrogen (secondary N) is 1. The number of hydrogen-bond donors (Lipinski definition) is 3. The highest BCUT2D eigenvalue weighted by Gasteiger charge is 2.17. The van der Waals surface area contributed by atoms with Gasteiger partial charge in [0.05, 0.1) is 18.8 Å². The molecule has 4 heteroatoms. The second-order valence-corrected chi connectivity index (χ2v) is 12.3. The highest BCUT2D eigenvalue weighted by atomic mass is 16.3. The number of carbonyl (C=O) groups excluding carboxylic acids is 1. The molecule has 0 saturated heterocycles. The van der Waals surface area contributed by atoms with Gasteiger partial charge in [-0.1, -0.05) is 173 Å². The van der Waals surface area contributed by atoms with Crippen molar-refractivity contribution in [3.8, 4) is 0 Å². The molecule has 0 aromatic carbocycles. The van der Waals surface area contributed by atoms with Gasteiger partial charge in [-0.2, -0.15) is 0 Å². The second kappa shape index (κ2) is 33.4. The number of rotatable bonds is 32. The summed E-state index contributed by atoms with van der Waals surface area (Å²) < 4.78 is 0. The molecule has 0 aromatic heterocycles. The summed E-state index contributed by atoms with van der Waals surface area (Å²) in [6.45, 7) is 4.27. The Hall–Kier alpha value is -1.13. The molecule has 242 valence electrons. The fraction of sp³-hybridized carbons (Fsp3) is 0.865. The summed E-state index contributed by atoms with van der Waals surface area (Å²) in [5, 5.41) is 22.8. The van der Waals surface area contributed by atoms with Crippen molar-refractivity contribution in [1.82, 2.24) is 5.32 Å². The third-order valence-electron chi connectivity index (χ3n) is 8.19. The monoisotopic (exact) mass is 578 g/mol. The quantitative estimate of drug-likeness (QED) is 0.0550. The lowest BCUT2D eigenvalue weighted by atomic mass is 10.0. The van der Waals surface area contributed by atoms with Crippen LogP contribution in [0, 0.1) is 0 Å². The molecule has 0 aliphatic carbocycles. The van der Waals surface area contributed by atoms with Gasteiger partial charge in [0, 0.05) is 6.42 Å². The van der Waals surface area contributed by atoms with Gasteiger partial charge in [0.25, 0.3) is 0 Å². The normalized spacial score (nSPS) is 13.4. The number of aliphatic hydroxyl groups excluding tert-OH is 2. The van der Waals surface area contributed by atoms with Gasteiger partial charge in [-0.25, -0.2) is 0 Å². The Labute approximate surface area is 256 Å². The van der Waals surface area contributed by atoms with Crippen molar-refractivity contribution in [3.05, 3.63) is 24.3 Å². The number of allylic oxidation sites excluding steroid dienone is 3. The summed E-state index contributed by atoms with van der Waals surface area (Å²) in [4.78, 5) is 12.3. The average Bonchev–Trinajstić information content (AvgIpc) is 2.97. The maximum absolute atomic E-state index is 12.3. The molecule has 0 radical (unpaired) electrons. The smallest absolute Gasteiger partial charge is 0.220 e. The minimum atomic E-state index is -0.855. The first kappa shape index (κ1) is 39.9. The zero-order valence-corrected chi connectivity index (χ0v) is 27.6. The summed E-state index contributed by atoms with van der Waals surface area (Å²) in [6.07, 6.45) is 41.2. The average molecular weight is 578 g/mol. The minimum absolute atomic E-state index is 0.0740. The van der Waals surface area contributed by atoms with E-state index in [1.807, 2.05) is 6.08 Å². The van der Waals surface area contributed by atoms with E-state index in [1.165, 1.54) is 135 Å². The van der Waals surface area contributed by atoms with E-state index in [4.69, 9.17) is 0 Å².